The van der Waals surface area contributed by atoms with Gasteiger partial charge in [-0.25, -0.2) is 0 Å². The fourth-order valence-corrected chi connectivity index (χ4v) is 1.93. The standard InChI is InChI=1S/C9H15IO2/c10-6-3-5-8-4-1-2-7-12-9(8)11/h8H,1-7H2. The van der Waals surface area contributed by atoms with Crippen LogP contribution >= 0.6 is 22.6 Å². The number of hydrogen-bond donors (Lipinski definition) is 0. The molecule has 0 saturated carbocycles. The predicted octanol–water partition coefficient (Wildman–Crippen LogP) is 2.54. The molecule has 1 saturated heterocycles. The monoisotopic (exact) mass is 282 g/mol. The molecular weight excluding hydrogens is 267 g/mol. The molecule has 1 unspecified atom stereocenters. The summed E-state index contributed by atoms with van der Waals surface area (Å²) >= 11 is 2.35. The Hall–Kier alpha value is 0.200. The van der Waals surface area contributed by atoms with Crippen LogP contribution in [0.1, 0.15) is 32.1 Å². The van der Waals surface area contributed by atoms with E-state index in [0.717, 1.165) is 36.5 Å². The summed E-state index contributed by atoms with van der Waals surface area (Å²) in [6.45, 7) is 0.638. The zero-order chi connectivity index (χ0) is 8.81. The van der Waals surface area contributed by atoms with E-state index in [2.05, 4.69) is 22.6 Å². The largest absolute Gasteiger partial charge is 0.465 e. The average Bonchev–Trinajstić information content (AvgIpc) is 2.27. The second kappa shape index (κ2) is 5.78. The first-order valence-corrected chi connectivity index (χ1v) is 6.09. The first-order valence-electron chi connectivity index (χ1n) is 4.57. The number of cyclic esters (lactones) is 1. The van der Waals surface area contributed by atoms with Gasteiger partial charge in [-0.1, -0.05) is 22.6 Å². The number of carbonyl (C=O) groups excluding carboxylic acids is 1. The molecule has 3 heteroatoms. The lowest BCUT2D eigenvalue weighted by Crippen LogP contribution is -2.15. The van der Waals surface area contributed by atoms with E-state index in [4.69, 9.17) is 4.74 Å². The van der Waals surface area contributed by atoms with Gasteiger partial charge < -0.3 is 4.74 Å². The zero-order valence-electron chi connectivity index (χ0n) is 7.22. The Morgan fingerprint density at radius 3 is 3.08 bits per heavy atom. The number of ether oxygens (including phenoxy) is 1. The van der Waals surface area contributed by atoms with E-state index in [1.54, 1.807) is 0 Å². The average molecular weight is 282 g/mol. The smallest absolute Gasteiger partial charge is 0.308 e. The Labute approximate surface area is 87.2 Å². The van der Waals surface area contributed by atoms with E-state index < -0.39 is 0 Å². The first-order chi connectivity index (χ1) is 5.84. The molecule has 0 N–H and O–H groups in total. The lowest BCUT2D eigenvalue weighted by atomic mass is 9.98. The number of esters is 1. The number of hydrogen-bond acceptors (Lipinski definition) is 2. The molecule has 1 heterocycles. The molecule has 0 bridgehead atoms. The van der Waals surface area contributed by atoms with Gasteiger partial charge in [-0.2, -0.15) is 0 Å². The van der Waals surface area contributed by atoms with Crippen LogP contribution in [0.5, 0.6) is 0 Å². The molecule has 12 heavy (non-hydrogen) atoms. The summed E-state index contributed by atoms with van der Waals surface area (Å²) in [6.07, 6.45) is 5.39. The van der Waals surface area contributed by atoms with Crippen molar-refractivity contribution in [3.05, 3.63) is 0 Å². The maximum absolute atomic E-state index is 11.3. The fourth-order valence-electron chi connectivity index (χ4n) is 1.49. The highest BCUT2D eigenvalue weighted by molar-refractivity contribution is 14.1. The normalized spacial score (nSPS) is 24.8. The molecule has 0 aliphatic carbocycles. The third-order valence-corrected chi connectivity index (χ3v) is 2.97. The second-order valence-electron chi connectivity index (χ2n) is 3.19. The zero-order valence-corrected chi connectivity index (χ0v) is 9.38. The first kappa shape index (κ1) is 10.3. The number of halogens is 1. The SMILES string of the molecule is O=C1OCCCCC1CCCI. The lowest BCUT2D eigenvalue weighted by molar-refractivity contribution is -0.147. The van der Waals surface area contributed by atoms with Gasteiger partial charge in [0.1, 0.15) is 0 Å². The molecule has 0 aromatic heterocycles. The van der Waals surface area contributed by atoms with E-state index >= 15 is 0 Å². The number of carbonyl (C=O) groups is 1. The molecule has 2 nitrogen and oxygen atoms in total. The quantitative estimate of drug-likeness (QED) is 0.452. The minimum Gasteiger partial charge on any atom is -0.465 e. The van der Waals surface area contributed by atoms with Crippen molar-refractivity contribution < 1.29 is 9.53 Å². The summed E-state index contributed by atoms with van der Waals surface area (Å²) in [4.78, 5) is 11.3. The Morgan fingerprint density at radius 2 is 2.33 bits per heavy atom. The van der Waals surface area contributed by atoms with Crippen molar-refractivity contribution in [3.63, 3.8) is 0 Å². The van der Waals surface area contributed by atoms with Gasteiger partial charge in [-0.3, -0.25) is 4.79 Å². The van der Waals surface area contributed by atoms with E-state index in [0.29, 0.717) is 6.61 Å². The van der Waals surface area contributed by atoms with Crippen LogP contribution < -0.4 is 0 Å². The minimum atomic E-state index is 0.0392. The van der Waals surface area contributed by atoms with Gasteiger partial charge in [0, 0.05) is 0 Å². The third-order valence-electron chi connectivity index (χ3n) is 2.21. The molecule has 0 aromatic carbocycles. The van der Waals surface area contributed by atoms with Crippen molar-refractivity contribution in [1.82, 2.24) is 0 Å². The molecule has 0 aromatic rings. The van der Waals surface area contributed by atoms with Crippen molar-refractivity contribution >= 4 is 28.6 Å². The molecule has 0 spiro atoms. The Kier molecular flexibility index (Phi) is 4.95. The number of alkyl halides is 1. The summed E-state index contributed by atoms with van der Waals surface area (Å²) in [5.74, 6) is 0.236. The van der Waals surface area contributed by atoms with Crippen molar-refractivity contribution in [3.8, 4) is 0 Å². The van der Waals surface area contributed by atoms with Gasteiger partial charge in [-0.05, 0) is 36.5 Å². The van der Waals surface area contributed by atoms with E-state index in [1.807, 2.05) is 0 Å². The third kappa shape index (κ3) is 3.29. The van der Waals surface area contributed by atoms with Crippen LogP contribution in [0.2, 0.25) is 0 Å². The molecular formula is C9H15IO2. The van der Waals surface area contributed by atoms with Crippen molar-refractivity contribution in [1.29, 1.82) is 0 Å². The minimum absolute atomic E-state index is 0.0392. The summed E-state index contributed by atoms with van der Waals surface area (Å²) in [6, 6.07) is 0. The van der Waals surface area contributed by atoms with E-state index in [1.165, 1.54) is 0 Å². The van der Waals surface area contributed by atoms with Crippen LogP contribution in [0.4, 0.5) is 0 Å². The maximum Gasteiger partial charge on any atom is 0.308 e. The Balaban J connectivity index is 2.31. The topological polar surface area (TPSA) is 26.3 Å². The van der Waals surface area contributed by atoms with Gasteiger partial charge in [0.2, 0.25) is 0 Å². The van der Waals surface area contributed by atoms with Crippen LogP contribution in [0, 0.1) is 5.92 Å². The molecule has 70 valence electrons. The summed E-state index contributed by atoms with van der Waals surface area (Å²) in [7, 11) is 0. The molecule has 0 radical (unpaired) electrons. The highest BCUT2D eigenvalue weighted by atomic mass is 127. The number of rotatable bonds is 3. The van der Waals surface area contributed by atoms with E-state index in [9.17, 15) is 4.79 Å². The lowest BCUT2D eigenvalue weighted by Gasteiger charge is -2.10. The van der Waals surface area contributed by atoms with Crippen LogP contribution in [0.15, 0.2) is 0 Å². The van der Waals surface area contributed by atoms with Crippen molar-refractivity contribution in [2.45, 2.75) is 32.1 Å². The van der Waals surface area contributed by atoms with Crippen molar-refractivity contribution in [2.24, 2.45) is 5.92 Å². The highest BCUT2D eigenvalue weighted by Crippen LogP contribution is 2.20. The maximum atomic E-state index is 11.3. The Bertz CT molecular complexity index is 147. The molecule has 0 amide bonds. The van der Waals surface area contributed by atoms with Gasteiger partial charge in [0.25, 0.3) is 0 Å². The van der Waals surface area contributed by atoms with E-state index in [-0.39, 0.29) is 11.9 Å². The fraction of sp³-hybridized carbons (Fsp3) is 0.889. The van der Waals surface area contributed by atoms with Gasteiger partial charge >= 0.3 is 5.97 Å². The molecule has 1 atom stereocenters. The highest BCUT2D eigenvalue weighted by Gasteiger charge is 2.21. The molecule has 1 rings (SSSR count). The molecule has 1 aliphatic rings. The van der Waals surface area contributed by atoms with Crippen LogP contribution in [-0.4, -0.2) is 17.0 Å². The predicted molar refractivity (Wildman–Crippen MR) is 56.4 cm³/mol. The Morgan fingerprint density at radius 1 is 1.50 bits per heavy atom. The van der Waals surface area contributed by atoms with Gasteiger partial charge in [0.05, 0.1) is 12.5 Å². The van der Waals surface area contributed by atoms with Crippen LogP contribution in [0.3, 0.4) is 0 Å². The second-order valence-corrected chi connectivity index (χ2v) is 4.27. The van der Waals surface area contributed by atoms with Crippen molar-refractivity contribution in [2.75, 3.05) is 11.0 Å². The van der Waals surface area contributed by atoms with Gasteiger partial charge in [0.15, 0.2) is 0 Å². The summed E-state index contributed by atoms with van der Waals surface area (Å²) in [5, 5.41) is 0. The molecule has 1 fully saturated rings. The molecule has 1 aliphatic heterocycles. The van der Waals surface area contributed by atoms with Crippen LogP contribution in [-0.2, 0) is 9.53 Å². The summed E-state index contributed by atoms with van der Waals surface area (Å²) in [5.41, 5.74) is 0. The van der Waals surface area contributed by atoms with Crippen LogP contribution in [0.25, 0.3) is 0 Å². The van der Waals surface area contributed by atoms with Gasteiger partial charge in [-0.15, -0.1) is 0 Å². The summed E-state index contributed by atoms with van der Waals surface area (Å²) < 4.78 is 6.21.